The number of para-hydroxylation sites is 2. The zero-order valence-corrected chi connectivity index (χ0v) is 50.6. The van der Waals surface area contributed by atoms with Crippen molar-refractivity contribution in [2.24, 2.45) is 0 Å². The van der Waals surface area contributed by atoms with E-state index in [9.17, 15) is 0 Å². The molecule has 4 heteroatoms. The molecule has 16 aromatic rings. The van der Waals surface area contributed by atoms with Gasteiger partial charge in [0.1, 0.15) is 0 Å². The highest BCUT2D eigenvalue weighted by Gasteiger charge is 2.27. The first-order valence-electron chi connectivity index (χ1n) is 29.8. The van der Waals surface area contributed by atoms with Crippen LogP contribution >= 0.6 is 22.7 Å². The lowest BCUT2D eigenvalue weighted by molar-refractivity contribution is 1.27. The average molecular weight is 1140 g/mol. The van der Waals surface area contributed by atoms with E-state index in [1.807, 2.05) is 22.7 Å². The molecule has 2 aromatic heterocycles. The highest BCUT2D eigenvalue weighted by atomic mass is 32.1. The van der Waals surface area contributed by atoms with Crippen LogP contribution in [0.2, 0.25) is 0 Å². The van der Waals surface area contributed by atoms with Crippen LogP contribution in [0.5, 0.6) is 0 Å². The SMILES string of the molecule is Cc1cc(-c2cc(N(c3ccccc3)c3ccc(-c4cccc5c4sc4ccccc45)cc3)c3ccc4c(-c5cc(C)c(C)c(C)c5)cc(N(c5ccccc5)c5ccc(-c6cccc7c6sc6ccccc67)cc5)c5ccc2c3c45)cc(C)c1C. The molecule has 0 saturated heterocycles. The molecule has 2 nitrogen and oxygen atoms in total. The Morgan fingerprint density at radius 3 is 0.977 bits per heavy atom. The molecule has 0 aliphatic heterocycles. The standard InChI is InChI=1S/C82H60N2S2/c1-49-43-57(44-50(2)53(49)5)73-47-75(83(59-19-9-7-10-20-59)61-35-31-55(32-36-61)63-25-17-27-69-65-23-13-15-29-77(65)85-81(63)69)71-42-40-68-74(58-45-51(3)54(6)52(4)46-58)48-76(72-41-39-67(73)79(71)80(68)72)84(60-21-11-8-12-22-60)62-37-33-56(34-38-62)64-26-18-28-70-66-24-14-16-30-78(66)86-82(64)70/h7-48H,1-6H3. The van der Waals surface area contributed by atoms with Gasteiger partial charge in [-0.15, -0.1) is 22.7 Å². The highest BCUT2D eigenvalue weighted by Crippen LogP contribution is 2.53. The molecule has 2 heterocycles. The minimum atomic E-state index is 1.09. The molecular formula is C82H60N2S2. The summed E-state index contributed by atoms with van der Waals surface area (Å²) in [4.78, 5) is 5.00. The molecule has 86 heavy (non-hydrogen) atoms. The Morgan fingerprint density at radius 2 is 0.581 bits per heavy atom. The van der Waals surface area contributed by atoms with Crippen LogP contribution in [0.1, 0.15) is 33.4 Å². The fourth-order valence-corrected chi connectivity index (χ4v) is 16.2. The Hall–Kier alpha value is -9.84. The molecular weight excluding hydrogens is 1080 g/mol. The maximum Gasteiger partial charge on any atom is 0.0546 e. The number of anilines is 6. The summed E-state index contributed by atoms with van der Waals surface area (Å²) in [6.07, 6.45) is 0. The molecule has 0 amide bonds. The molecule has 0 aliphatic carbocycles. The van der Waals surface area contributed by atoms with Gasteiger partial charge in [0, 0.05) is 84.6 Å². The second-order valence-electron chi connectivity index (χ2n) is 23.4. The van der Waals surface area contributed by atoms with E-state index in [0.29, 0.717) is 0 Å². The van der Waals surface area contributed by atoms with Crippen LogP contribution in [0.15, 0.2) is 255 Å². The van der Waals surface area contributed by atoms with Crippen molar-refractivity contribution >= 4 is 129 Å². The van der Waals surface area contributed by atoms with Crippen molar-refractivity contribution in [3.63, 3.8) is 0 Å². The van der Waals surface area contributed by atoms with Gasteiger partial charge in [-0.2, -0.15) is 0 Å². The molecule has 16 rings (SSSR count). The van der Waals surface area contributed by atoms with E-state index in [2.05, 4.69) is 306 Å². The lowest BCUT2D eigenvalue weighted by Crippen LogP contribution is -2.12. The highest BCUT2D eigenvalue weighted by molar-refractivity contribution is 7.26. The van der Waals surface area contributed by atoms with Crippen LogP contribution in [0.3, 0.4) is 0 Å². The van der Waals surface area contributed by atoms with Gasteiger partial charge in [-0.3, -0.25) is 0 Å². The quantitative estimate of drug-likeness (QED) is 0.126. The molecule has 0 spiro atoms. The van der Waals surface area contributed by atoms with Gasteiger partial charge in [-0.05, 0) is 203 Å². The molecule has 410 valence electrons. The number of rotatable bonds is 10. The predicted molar refractivity (Wildman–Crippen MR) is 375 cm³/mol. The van der Waals surface area contributed by atoms with Crippen LogP contribution in [-0.4, -0.2) is 0 Å². The molecule has 0 bridgehead atoms. The van der Waals surface area contributed by atoms with Crippen molar-refractivity contribution in [2.75, 3.05) is 9.80 Å². The number of hydrogen-bond acceptors (Lipinski definition) is 4. The van der Waals surface area contributed by atoms with Crippen LogP contribution in [0.25, 0.3) is 117 Å². The van der Waals surface area contributed by atoms with E-state index >= 15 is 0 Å². The minimum absolute atomic E-state index is 1.09. The maximum absolute atomic E-state index is 2.50. The van der Waals surface area contributed by atoms with Crippen LogP contribution in [-0.2, 0) is 0 Å². The van der Waals surface area contributed by atoms with Gasteiger partial charge in [0.05, 0.1) is 11.4 Å². The summed E-state index contributed by atoms with van der Waals surface area (Å²) in [6.45, 7) is 13.6. The summed E-state index contributed by atoms with van der Waals surface area (Å²) in [5.41, 5.74) is 24.2. The summed E-state index contributed by atoms with van der Waals surface area (Å²) in [5.74, 6) is 0. The maximum atomic E-state index is 2.50. The Bertz CT molecular complexity index is 4960. The van der Waals surface area contributed by atoms with Gasteiger partial charge >= 0.3 is 0 Å². The number of hydrogen-bond donors (Lipinski definition) is 0. The summed E-state index contributed by atoms with van der Waals surface area (Å²) < 4.78 is 5.26. The number of nitrogens with zero attached hydrogens (tertiary/aromatic N) is 2. The number of benzene rings is 14. The van der Waals surface area contributed by atoms with Crippen molar-refractivity contribution in [3.8, 4) is 44.5 Å². The number of fused-ring (bicyclic) bond motifs is 6. The topological polar surface area (TPSA) is 6.48 Å². The van der Waals surface area contributed by atoms with Gasteiger partial charge in [-0.25, -0.2) is 0 Å². The molecule has 0 saturated carbocycles. The second kappa shape index (κ2) is 20.5. The summed E-state index contributed by atoms with van der Waals surface area (Å²) in [6, 6.07) is 96.0. The van der Waals surface area contributed by atoms with Gasteiger partial charge < -0.3 is 9.80 Å². The monoisotopic (exact) mass is 1140 g/mol. The predicted octanol–water partition coefficient (Wildman–Crippen LogP) is 24.8. The minimum Gasteiger partial charge on any atom is -0.310 e. The Labute approximate surface area is 510 Å². The number of thiophene rings is 2. The molecule has 0 atom stereocenters. The van der Waals surface area contributed by atoms with Crippen molar-refractivity contribution < 1.29 is 0 Å². The first kappa shape index (κ1) is 51.8. The van der Waals surface area contributed by atoms with Crippen LogP contribution in [0, 0.1) is 41.5 Å². The van der Waals surface area contributed by atoms with E-state index in [0.717, 1.165) is 34.1 Å². The third-order valence-electron chi connectivity index (χ3n) is 18.5. The molecule has 0 N–H and O–H groups in total. The van der Waals surface area contributed by atoms with E-state index in [4.69, 9.17) is 0 Å². The van der Waals surface area contributed by atoms with Crippen LogP contribution in [0.4, 0.5) is 34.1 Å². The first-order chi connectivity index (χ1) is 42.1. The van der Waals surface area contributed by atoms with Gasteiger partial charge in [0.25, 0.3) is 0 Å². The smallest absolute Gasteiger partial charge is 0.0546 e. The molecule has 0 radical (unpaired) electrons. The normalized spacial score (nSPS) is 11.8. The molecule has 0 fully saturated rings. The average Bonchev–Trinajstić information content (AvgIpc) is 1.08. The summed E-state index contributed by atoms with van der Waals surface area (Å²) >= 11 is 3.77. The molecule has 14 aromatic carbocycles. The Morgan fingerprint density at radius 1 is 0.244 bits per heavy atom. The van der Waals surface area contributed by atoms with E-state index < -0.39 is 0 Å². The molecule has 0 aliphatic rings. The first-order valence-corrected chi connectivity index (χ1v) is 31.4. The third kappa shape index (κ3) is 8.34. The van der Waals surface area contributed by atoms with Crippen molar-refractivity contribution in [2.45, 2.75) is 41.5 Å². The fraction of sp³-hybridized carbons (Fsp3) is 0.0732. The molecule has 0 unspecified atom stereocenters. The van der Waals surface area contributed by atoms with Gasteiger partial charge in [-0.1, -0.05) is 182 Å². The Balaban J connectivity index is 0.964. The Kier molecular flexibility index (Phi) is 12.3. The van der Waals surface area contributed by atoms with Gasteiger partial charge in [0.15, 0.2) is 0 Å². The zero-order chi connectivity index (χ0) is 57.9. The van der Waals surface area contributed by atoms with Crippen molar-refractivity contribution in [3.05, 3.63) is 288 Å². The van der Waals surface area contributed by atoms with Gasteiger partial charge in [0.2, 0.25) is 0 Å². The lowest BCUT2D eigenvalue weighted by atomic mass is 9.84. The van der Waals surface area contributed by atoms with E-state index in [-0.39, 0.29) is 0 Å². The summed E-state index contributed by atoms with van der Waals surface area (Å²) in [7, 11) is 0. The van der Waals surface area contributed by atoms with Crippen LogP contribution < -0.4 is 9.80 Å². The fourth-order valence-electron chi connectivity index (χ4n) is 13.7. The van der Waals surface area contributed by atoms with E-state index in [1.54, 1.807) is 0 Å². The lowest BCUT2D eigenvalue weighted by Gasteiger charge is -2.31. The zero-order valence-electron chi connectivity index (χ0n) is 49.0. The second-order valence-corrected chi connectivity index (χ2v) is 25.5. The van der Waals surface area contributed by atoms with E-state index in [1.165, 1.54) is 151 Å². The summed E-state index contributed by atoms with van der Waals surface area (Å²) in [5, 5.41) is 12.6. The number of aryl methyl sites for hydroxylation is 4. The van der Waals surface area contributed by atoms with Crippen molar-refractivity contribution in [1.29, 1.82) is 0 Å². The largest absolute Gasteiger partial charge is 0.310 e. The third-order valence-corrected chi connectivity index (χ3v) is 21.0. The van der Waals surface area contributed by atoms with Crippen molar-refractivity contribution in [1.82, 2.24) is 0 Å².